The molecule has 0 bridgehead atoms. The van der Waals surface area contributed by atoms with Crippen LogP contribution in [0.3, 0.4) is 0 Å². The molecular weight excluding hydrogens is 563 g/mol. The standard InChI is InChI=1S/C28H31N6O7P/c1-2-29-28(35)33-25-22-26(31-16-30-25)34(17-32-22)27-24-23(40-21(41-24)13-18-9-5-3-6-10-18)20(39-27)14-38-42(36,37)15-19-11-7-4-8-12-19/h3-12,16-17,20-21,23-24,27H,2,13-15H2,1H3,(H,36,37)(H2,29,30,31,33,35)/t20-,21?,23?,24+,27-/m1/s1. The van der Waals surface area contributed by atoms with Crippen LogP contribution in [0.5, 0.6) is 0 Å². The van der Waals surface area contributed by atoms with Gasteiger partial charge in [-0.05, 0) is 18.1 Å². The topological polar surface area (TPSA) is 159 Å². The Morgan fingerprint density at radius 3 is 2.45 bits per heavy atom. The van der Waals surface area contributed by atoms with E-state index in [0.717, 1.165) is 5.56 Å². The Morgan fingerprint density at radius 2 is 1.71 bits per heavy atom. The molecule has 220 valence electrons. The summed E-state index contributed by atoms with van der Waals surface area (Å²) in [6.45, 7) is 2.07. The molecule has 0 radical (unpaired) electrons. The second-order valence-corrected chi connectivity index (χ2v) is 11.8. The summed E-state index contributed by atoms with van der Waals surface area (Å²) in [5, 5.41) is 5.34. The van der Waals surface area contributed by atoms with Gasteiger partial charge in [0.05, 0.1) is 19.1 Å². The first-order valence-corrected chi connectivity index (χ1v) is 15.4. The lowest BCUT2D eigenvalue weighted by atomic mass is 10.1. The molecule has 42 heavy (non-hydrogen) atoms. The van der Waals surface area contributed by atoms with Gasteiger partial charge in [0.1, 0.15) is 24.6 Å². The van der Waals surface area contributed by atoms with Crippen molar-refractivity contribution in [2.24, 2.45) is 0 Å². The van der Waals surface area contributed by atoms with Gasteiger partial charge in [-0.25, -0.2) is 19.7 Å². The first-order chi connectivity index (χ1) is 20.4. The normalized spacial score (nSPS) is 24.8. The molecule has 6 rings (SSSR count). The number of ether oxygens (including phenoxy) is 3. The molecule has 14 heteroatoms. The lowest BCUT2D eigenvalue weighted by Gasteiger charge is -2.22. The van der Waals surface area contributed by atoms with Crippen LogP contribution in [-0.4, -0.2) is 68.2 Å². The van der Waals surface area contributed by atoms with Gasteiger partial charge in [0.2, 0.25) is 0 Å². The summed E-state index contributed by atoms with van der Waals surface area (Å²) in [7, 11) is -3.98. The molecular formula is C28H31N6O7P. The van der Waals surface area contributed by atoms with Crippen LogP contribution in [0.1, 0.15) is 24.3 Å². The van der Waals surface area contributed by atoms with E-state index in [4.69, 9.17) is 18.7 Å². The number of amides is 2. The summed E-state index contributed by atoms with van der Waals surface area (Å²) in [6, 6.07) is 18.4. The highest BCUT2D eigenvalue weighted by Gasteiger charge is 2.54. The maximum Gasteiger partial charge on any atom is 0.332 e. The fraction of sp³-hybridized carbons (Fsp3) is 0.357. The zero-order chi connectivity index (χ0) is 29.1. The fourth-order valence-corrected chi connectivity index (χ4v) is 6.30. The average molecular weight is 595 g/mol. The summed E-state index contributed by atoms with van der Waals surface area (Å²) in [5.41, 5.74) is 2.51. The molecule has 2 aliphatic heterocycles. The molecule has 4 heterocycles. The van der Waals surface area contributed by atoms with Crippen molar-refractivity contribution in [3.05, 3.63) is 84.4 Å². The second kappa shape index (κ2) is 12.3. The number of aromatic nitrogens is 4. The van der Waals surface area contributed by atoms with Crippen molar-refractivity contribution in [2.45, 2.75) is 50.3 Å². The number of nitrogens with zero attached hydrogens (tertiary/aromatic N) is 4. The monoisotopic (exact) mass is 594 g/mol. The SMILES string of the molecule is CCNC(=O)Nc1ncnc2c1ncn2[C@@H]1O[C@H](COP(=O)(O)Cc2ccccc2)C2OC(Cc3ccccc3)O[C@@H]21. The van der Waals surface area contributed by atoms with Crippen LogP contribution in [0.2, 0.25) is 0 Å². The summed E-state index contributed by atoms with van der Waals surface area (Å²) >= 11 is 0. The molecule has 2 aliphatic rings. The number of nitrogens with one attached hydrogen (secondary N) is 2. The van der Waals surface area contributed by atoms with Crippen molar-refractivity contribution in [3.8, 4) is 0 Å². The lowest BCUT2D eigenvalue weighted by Crippen LogP contribution is -2.31. The number of hydrogen-bond acceptors (Lipinski definition) is 9. The number of rotatable bonds is 10. The third-order valence-corrected chi connectivity index (χ3v) is 8.33. The number of carbonyl (C=O) groups excluding carboxylic acids is 1. The zero-order valence-electron chi connectivity index (χ0n) is 22.8. The highest BCUT2D eigenvalue weighted by Crippen LogP contribution is 2.48. The van der Waals surface area contributed by atoms with Gasteiger partial charge < -0.3 is 28.9 Å². The molecule has 3 N–H and O–H groups in total. The van der Waals surface area contributed by atoms with E-state index in [1.54, 1.807) is 28.8 Å². The van der Waals surface area contributed by atoms with Crippen LogP contribution in [0.4, 0.5) is 10.6 Å². The molecule has 2 saturated heterocycles. The smallest absolute Gasteiger partial charge is 0.332 e. The number of carbonyl (C=O) groups is 1. The third kappa shape index (κ3) is 6.21. The molecule has 4 aromatic rings. The van der Waals surface area contributed by atoms with E-state index in [0.29, 0.717) is 29.7 Å². The summed E-state index contributed by atoms with van der Waals surface area (Å²) < 4.78 is 39.2. The van der Waals surface area contributed by atoms with Gasteiger partial charge in [0.25, 0.3) is 0 Å². The summed E-state index contributed by atoms with van der Waals surface area (Å²) in [5.74, 6) is 0.242. The quantitative estimate of drug-likeness (QED) is 0.232. The zero-order valence-corrected chi connectivity index (χ0v) is 23.7. The summed E-state index contributed by atoms with van der Waals surface area (Å²) in [6.07, 6.45) is 0.0292. The highest BCUT2D eigenvalue weighted by atomic mass is 31.2. The van der Waals surface area contributed by atoms with Crippen LogP contribution in [0, 0.1) is 0 Å². The van der Waals surface area contributed by atoms with Crippen molar-refractivity contribution in [3.63, 3.8) is 0 Å². The van der Waals surface area contributed by atoms with Gasteiger partial charge in [-0.1, -0.05) is 60.7 Å². The van der Waals surface area contributed by atoms with Gasteiger partial charge in [0.15, 0.2) is 29.5 Å². The number of fused-ring (bicyclic) bond motifs is 2. The first-order valence-electron chi connectivity index (χ1n) is 13.6. The van der Waals surface area contributed by atoms with Crippen LogP contribution in [-0.2, 0) is 35.9 Å². The number of imidazole rings is 1. The average Bonchev–Trinajstić information content (AvgIpc) is 3.67. The number of urea groups is 1. The van der Waals surface area contributed by atoms with E-state index in [2.05, 4.69) is 25.6 Å². The molecule has 0 spiro atoms. The maximum atomic E-state index is 12.9. The Bertz CT molecular complexity index is 1570. The van der Waals surface area contributed by atoms with Crippen molar-refractivity contribution in [1.29, 1.82) is 0 Å². The van der Waals surface area contributed by atoms with E-state index in [-0.39, 0.29) is 18.6 Å². The van der Waals surface area contributed by atoms with Gasteiger partial charge in [0, 0.05) is 13.0 Å². The van der Waals surface area contributed by atoms with Crippen molar-refractivity contribution in [1.82, 2.24) is 24.8 Å². The largest absolute Gasteiger partial charge is 0.347 e. The first kappa shape index (κ1) is 28.4. The van der Waals surface area contributed by atoms with Crippen LogP contribution in [0.25, 0.3) is 11.2 Å². The molecule has 2 fully saturated rings. The molecule has 2 aromatic heterocycles. The van der Waals surface area contributed by atoms with Crippen molar-refractivity contribution < 1.29 is 33.0 Å². The Morgan fingerprint density at radius 1 is 1.00 bits per heavy atom. The fourth-order valence-electron chi connectivity index (χ4n) is 5.15. The van der Waals surface area contributed by atoms with Gasteiger partial charge in [-0.15, -0.1) is 0 Å². The van der Waals surface area contributed by atoms with Crippen molar-refractivity contribution in [2.75, 3.05) is 18.5 Å². The molecule has 3 unspecified atom stereocenters. The van der Waals surface area contributed by atoms with Crippen LogP contribution < -0.4 is 10.6 Å². The Hall–Kier alpha value is -3.71. The summed E-state index contributed by atoms with van der Waals surface area (Å²) in [4.78, 5) is 35.7. The molecule has 0 saturated carbocycles. The predicted molar refractivity (Wildman–Crippen MR) is 152 cm³/mol. The second-order valence-electron chi connectivity index (χ2n) is 9.99. The number of hydrogen-bond donors (Lipinski definition) is 3. The predicted octanol–water partition coefficient (Wildman–Crippen LogP) is 3.62. The van der Waals surface area contributed by atoms with Gasteiger partial charge >= 0.3 is 13.6 Å². The van der Waals surface area contributed by atoms with Gasteiger partial charge in [-0.2, -0.15) is 0 Å². The molecule has 13 nitrogen and oxygen atoms in total. The Balaban J connectivity index is 1.24. The minimum Gasteiger partial charge on any atom is -0.347 e. The van der Waals surface area contributed by atoms with Crippen LogP contribution >= 0.6 is 7.60 Å². The Labute approximate surface area is 241 Å². The molecule has 6 atom stereocenters. The molecule has 2 aromatic carbocycles. The van der Waals surface area contributed by atoms with Crippen LogP contribution in [0.15, 0.2) is 73.3 Å². The highest BCUT2D eigenvalue weighted by molar-refractivity contribution is 7.51. The van der Waals surface area contributed by atoms with E-state index in [9.17, 15) is 14.3 Å². The Kier molecular flexibility index (Phi) is 8.29. The number of anilines is 1. The number of benzene rings is 2. The molecule has 2 amide bonds. The lowest BCUT2D eigenvalue weighted by molar-refractivity contribution is -0.148. The van der Waals surface area contributed by atoms with E-state index in [1.165, 1.54) is 12.7 Å². The minimum absolute atomic E-state index is 0.128. The van der Waals surface area contributed by atoms with E-state index < -0.39 is 44.5 Å². The third-order valence-electron chi connectivity index (χ3n) is 7.02. The van der Waals surface area contributed by atoms with Crippen molar-refractivity contribution >= 4 is 30.6 Å². The maximum absolute atomic E-state index is 12.9. The van der Waals surface area contributed by atoms with E-state index >= 15 is 0 Å². The van der Waals surface area contributed by atoms with E-state index in [1.807, 2.05) is 43.3 Å². The van der Waals surface area contributed by atoms with Gasteiger partial charge in [-0.3, -0.25) is 14.4 Å². The minimum atomic E-state index is -3.98. The molecule has 0 aliphatic carbocycles.